The van der Waals surface area contributed by atoms with Gasteiger partial charge in [0.15, 0.2) is 0 Å². The van der Waals surface area contributed by atoms with E-state index in [2.05, 4.69) is 6.92 Å². The molecular formula is C22H38CaO3S. The molecule has 0 aliphatic heterocycles. The fourth-order valence-electron chi connectivity index (χ4n) is 3.47. The smallest absolute Gasteiger partial charge is 0.282 e. The van der Waals surface area contributed by atoms with E-state index in [9.17, 15) is 13.0 Å². The van der Waals surface area contributed by atoms with Gasteiger partial charge in [-0.25, -0.2) is 0 Å². The van der Waals surface area contributed by atoms with Crippen molar-refractivity contribution in [1.29, 1.82) is 0 Å². The molecule has 27 heavy (non-hydrogen) atoms. The summed E-state index contributed by atoms with van der Waals surface area (Å²) in [6, 6.07) is 6.76. The van der Waals surface area contributed by atoms with Crippen LogP contribution in [0.4, 0.5) is 0 Å². The molecule has 0 amide bonds. The van der Waals surface area contributed by atoms with E-state index >= 15 is 0 Å². The Kier molecular flexibility index (Phi) is 17.5. The Morgan fingerprint density at radius 3 is 1.56 bits per heavy atom. The van der Waals surface area contributed by atoms with Crippen molar-refractivity contribution in [3.05, 3.63) is 29.8 Å². The summed E-state index contributed by atoms with van der Waals surface area (Å²) in [4.78, 5) is 0.0645. The maximum Gasteiger partial charge on any atom is 0.294 e. The molecule has 1 aromatic rings. The Balaban J connectivity index is 0.00000676. The summed E-state index contributed by atoms with van der Waals surface area (Å²) >= 11 is 0. The molecule has 0 aliphatic rings. The van der Waals surface area contributed by atoms with Gasteiger partial charge in [0.1, 0.15) is 0 Å². The summed E-state index contributed by atoms with van der Waals surface area (Å²) in [6.07, 6.45) is 19.1. The molecule has 0 heterocycles. The topological polar surface area (TPSA) is 54.4 Å². The summed E-state index contributed by atoms with van der Waals surface area (Å²) in [5.74, 6) is 0. The van der Waals surface area contributed by atoms with E-state index in [1.165, 1.54) is 83.1 Å². The van der Waals surface area contributed by atoms with Crippen molar-refractivity contribution in [3.8, 4) is 0 Å². The van der Waals surface area contributed by atoms with Crippen LogP contribution in [-0.2, 0) is 16.5 Å². The number of benzene rings is 1. The Hall–Kier alpha value is 0.390. The quantitative estimate of drug-likeness (QED) is 0.186. The van der Waals surface area contributed by atoms with Gasteiger partial charge in [0, 0.05) is 37.7 Å². The number of aryl methyl sites for hydroxylation is 1. The number of unbranched alkanes of at least 4 members (excludes halogenated alkanes) is 13. The first-order valence-corrected chi connectivity index (χ1v) is 12.0. The molecule has 1 rings (SSSR count). The summed E-state index contributed by atoms with van der Waals surface area (Å²) in [5, 5.41) is 0. The van der Waals surface area contributed by atoms with Gasteiger partial charge < -0.3 is 0 Å². The third kappa shape index (κ3) is 14.1. The Morgan fingerprint density at radius 1 is 0.704 bits per heavy atom. The average Bonchev–Trinajstić information content (AvgIpc) is 2.61. The third-order valence-electron chi connectivity index (χ3n) is 5.05. The van der Waals surface area contributed by atoms with Gasteiger partial charge in [-0.15, -0.1) is 0 Å². The van der Waals surface area contributed by atoms with Crippen LogP contribution in [0.1, 0.15) is 102 Å². The van der Waals surface area contributed by atoms with E-state index in [-0.39, 0.29) is 42.6 Å². The van der Waals surface area contributed by atoms with Crippen molar-refractivity contribution in [2.24, 2.45) is 0 Å². The van der Waals surface area contributed by atoms with Crippen molar-refractivity contribution in [3.63, 3.8) is 0 Å². The van der Waals surface area contributed by atoms with Crippen LogP contribution in [0.2, 0.25) is 0 Å². The van der Waals surface area contributed by atoms with Crippen LogP contribution in [0.5, 0.6) is 0 Å². The third-order valence-corrected chi connectivity index (χ3v) is 6.00. The van der Waals surface area contributed by atoms with E-state index in [0.29, 0.717) is 6.42 Å². The van der Waals surface area contributed by atoms with Crippen molar-refractivity contribution in [2.75, 3.05) is 0 Å². The zero-order chi connectivity index (χ0) is 19.1. The molecule has 0 saturated heterocycles. The molecule has 0 atom stereocenters. The molecule has 0 aliphatic carbocycles. The van der Waals surface area contributed by atoms with E-state index in [4.69, 9.17) is 0 Å². The fourth-order valence-corrected chi connectivity index (χ4v) is 4.22. The summed E-state index contributed by atoms with van der Waals surface area (Å²) < 4.78 is 32.0. The minimum Gasteiger partial charge on any atom is -0.282 e. The summed E-state index contributed by atoms with van der Waals surface area (Å²) in [6.45, 7) is 2.26. The van der Waals surface area contributed by atoms with Gasteiger partial charge in [0.2, 0.25) is 0 Å². The molecule has 2 radical (unpaired) electrons. The second-order valence-corrected chi connectivity index (χ2v) is 8.82. The van der Waals surface area contributed by atoms with E-state index < -0.39 is 10.1 Å². The van der Waals surface area contributed by atoms with Gasteiger partial charge >= 0.3 is 0 Å². The van der Waals surface area contributed by atoms with Crippen LogP contribution >= 0.6 is 0 Å². The zero-order valence-electron chi connectivity index (χ0n) is 17.3. The first kappa shape index (κ1) is 27.4. The molecule has 0 spiro atoms. The SMILES string of the molecule is CCCCCCCCCCCCCCCCc1ccccc1S(=O)(=O)O.[Ca]. The molecule has 1 N–H and O–H groups in total. The molecule has 152 valence electrons. The molecule has 0 fully saturated rings. The van der Waals surface area contributed by atoms with Crippen molar-refractivity contribution < 1.29 is 13.0 Å². The Morgan fingerprint density at radius 2 is 1.11 bits per heavy atom. The largest absolute Gasteiger partial charge is 0.294 e. The molecule has 3 nitrogen and oxygen atoms in total. The van der Waals surface area contributed by atoms with Gasteiger partial charge in [0.05, 0.1) is 4.90 Å². The Labute approximate surface area is 197 Å². The van der Waals surface area contributed by atoms with Crippen LogP contribution < -0.4 is 0 Å². The van der Waals surface area contributed by atoms with Gasteiger partial charge in [0.25, 0.3) is 10.1 Å². The van der Waals surface area contributed by atoms with Crippen LogP contribution in [0, 0.1) is 0 Å². The van der Waals surface area contributed by atoms with Crippen LogP contribution in [-0.4, -0.2) is 50.7 Å². The van der Waals surface area contributed by atoms with Crippen molar-refractivity contribution in [1.82, 2.24) is 0 Å². The molecular weight excluding hydrogens is 384 g/mol. The second-order valence-electron chi connectivity index (χ2n) is 7.43. The van der Waals surface area contributed by atoms with Gasteiger partial charge in [-0.1, -0.05) is 109 Å². The minimum atomic E-state index is -4.10. The molecule has 5 heteroatoms. The predicted molar refractivity (Wildman–Crippen MR) is 116 cm³/mol. The first-order valence-electron chi connectivity index (χ1n) is 10.6. The minimum absolute atomic E-state index is 0. The van der Waals surface area contributed by atoms with E-state index in [1.54, 1.807) is 12.1 Å². The first-order chi connectivity index (χ1) is 12.6. The van der Waals surface area contributed by atoms with Crippen LogP contribution in [0.25, 0.3) is 0 Å². The monoisotopic (exact) mass is 422 g/mol. The molecule has 1 aromatic carbocycles. The van der Waals surface area contributed by atoms with Crippen LogP contribution in [0.3, 0.4) is 0 Å². The second kappa shape index (κ2) is 17.3. The fraction of sp³-hybridized carbons (Fsp3) is 0.727. The molecule has 0 unspecified atom stereocenters. The maximum absolute atomic E-state index is 11.4. The maximum atomic E-state index is 11.4. The number of hydrogen-bond acceptors (Lipinski definition) is 2. The standard InChI is InChI=1S/C22H38O3S.Ca/c1-2-3-4-5-6-7-8-9-10-11-12-13-14-15-18-21-19-16-17-20-22(21)26(23,24)25;/h16-17,19-20H,2-15,18H2,1H3,(H,23,24,25);. The van der Waals surface area contributed by atoms with Crippen molar-refractivity contribution in [2.45, 2.75) is 108 Å². The van der Waals surface area contributed by atoms with Crippen molar-refractivity contribution >= 4 is 47.9 Å². The summed E-state index contributed by atoms with van der Waals surface area (Å²) in [5.41, 5.74) is 0.730. The molecule has 0 saturated carbocycles. The summed E-state index contributed by atoms with van der Waals surface area (Å²) in [7, 11) is -4.10. The van der Waals surface area contributed by atoms with Gasteiger partial charge in [-0.2, -0.15) is 8.42 Å². The van der Waals surface area contributed by atoms with Gasteiger partial charge in [-0.3, -0.25) is 4.55 Å². The van der Waals surface area contributed by atoms with E-state index in [1.807, 2.05) is 6.07 Å². The molecule has 0 bridgehead atoms. The normalized spacial score (nSPS) is 11.3. The van der Waals surface area contributed by atoms with Crippen LogP contribution in [0.15, 0.2) is 29.2 Å². The number of hydrogen-bond donors (Lipinski definition) is 1. The molecule has 0 aromatic heterocycles. The zero-order valence-corrected chi connectivity index (χ0v) is 20.3. The van der Waals surface area contributed by atoms with E-state index in [0.717, 1.165) is 18.4 Å². The Bertz CT molecular complexity index is 573. The van der Waals surface area contributed by atoms with Gasteiger partial charge in [-0.05, 0) is 24.5 Å². The number of rotatable bonds is 16. The average molecular weight is 423 g/mol. The predicted octanol–water partition coefficient (Wildman–Crippen LogP) is 6.58.